The van der Waals surface area contributed by atoms with E-state index in [1.54, 1.807) is 36.4 Å². The fourth-order valence-corrected chi connectivity index (χ4v) is 3.60. The zero-order valence-corrected chi connectivity index (χ0v) is 14.7. The number of aliphatic hydroxyl groups excluding tert-OH is 1. The predicted molar refractivity (Wildman–Crippen MR) is 97.0 cm³/mol. The zero-order chi connectivity index (χ0) is 17.8. The van der Waals surface area contributed by atoms with Gasteiger partial charge in [0, 0.05) is 10.6 Å². The van der Waals surface area contributed by atoms with Crippen LogP contribution in [0.1, 0.15) is 17.2 Å². The molecule has 5 nitrogen and oxygen atoms in total. The van der Waals surface area contributed by atoms with E-state index in [9.17, 15) is 14.7 Å². The largest absolute Gasteiger partial charge is 0.491 e. The minimum Gasteiger partial charge on any atom is -0.491 e. The van der Waals surface area contributed by atoms with Crippen LogP contribution in [0.25, 0.3) is 0 Å². The molecule has 0 aliphatic carbocycles. The Labute approximate surface area is 154 Å². The summed E-state index contributed by atoms with van der Waals surface area (Å²) in [5, 5.41) is 12.3. The Hall–Kier alpha value is -2.02. The van der Waals surface area contributed by atoms with Gasteiger partial charge in [-0.3, -0.25) is 14.9 Å². The summed E-state index contributed by atoms with van der Waals surface area (Å²) >= 11 is 7.06. The minimum absolute atomic E-state index is 0.0818. The molecule has 1 aliphatic rings. The topological polar surface area (TPSA) is 75.6 Å². The molecule has 2 aromatic carbocycles. The number of carbonyl (C=O) groups excluding carboxylic acids is 2. The van der Waals surface area contributed by atoms with Gasteiger partial charge in [-0.05, 0) is 30.2 Å². The Kier molecular flexibility index (Phi) is 5.63. The number of benzene rings is 2. The van der Waals surface area contributed by atoms with Gasteiger partial charge in [-0.25, -0.2) is 0 Å². The van der Waals surface area contributed by atoms with Crippen LogP contribution in [0.15, 0.2) is 48.5 Å². The van der Waals surface area contributed by atoms with E-state index in [1.807, 2.05) is 12.1 Å². The van der Waals surface area contributed by atoms with Crippen molar-refractivity contribution < 1.29 is 19.4 Å². The van der Waals surface area contributed by atoms with Gasteiger partial charge in [0.05, 0.1) is 5.25 Å². The van der Waals surface area contributed by atoms with Crippen LogP contribution in [-0.4, -0.2) is 28.1 Å². The Balaban J connectivity index is 1.55. The van der Waals surface area contributed by atoms with Gasteiger partial charge in [-0.2, -0.15) is 0 Å². The van der Waals surface area contributed by atoms with Crippen LogP contribution in [-0.2, 0) is 11.2 Å². The van der Waals surface area contributed by atoms with Crippen LogP contribution in [0, 0.1) is 0 Å². The highest BCUT2D eigenvalue weighted by Crippen LogP contribution is 2.25. The molecule has 7 heteroatoms. The molecule has 2 aromatic rings. The van der Waals surface area contributed by atoms with Crippen molar-refractivity contribution in [3.8, 4) is 5.75 Å². The molecular weight excluding hydrogens is 362 g/mol. The number of rotatable bonds is 6. The van der Waals surface area contributed by atoms with Crippen molar-refractivity contribution in [2.45, 2.75) is 17.8 Å². The second-order valence-electron chi connectivity index (χ2n) is 5.58. The first-order valence-corrected chi connectivity index (χ1v) is 8.94. The highest BCUT2D eigenvalue weighted by atomic mass is 35.5. The number of thioether (sulfide) groups is 1. The van der Waals surface area contributed by atoms with Gasteiger partial charge in [0.15, 0.2) is 0 Å². The third-order valence-corrected chi connectivity index (χ3v) is 5.11. The van der Waals surface area contributed by atoms with Crippen LogP contribution in [0.3, 0.4) is 0 Å². The van der Waals surface area contributed by atoms with Gasteiger partial charge in [0.1, 0.15) is 18.5 Å². The molecule has 1 heterocycles. The third-order valence-electron chi connectivity index (χ3n) is 3.78. The number of nitrogens with one attached hydrogen (secondary N) is 1. The number of aliphatic hydroxyl groups is 1. The fraction of sp³-hybridized carbons (Fsp3) is 0.222. The second kappa shape index (κ2) is 7.91. The molecule has 1 saturated heterocycles. The molecule has 1 aliphatic heterocycles. The van der Waals surface area contributed by atoms with Gasteiger partial charge in [-0.1, -0.05) is 53.7 Å². The summed E-state index contributed by atoms with van der Waals surface area (Å²) in [6, 6.07) is 14.3. The summed E-state index contributed by atoms with van der Waals surface area (Å²) in [6.07, 6.45) is -0.344. The third kappa shape index (κ3) is 4.54. The first-order chi connectivity index (χ1) is 12.0. The van der Waals surface area contributed by atoms with Crippen molar-refractivity contribution in [1.82, 2.24) is 5.32 Å². The van der Waals surface area contributed by atoms with Crippen LogP contribution >= 0.6 is 23.4 Å². The van der Waals surface area contributed by atoms with E-state index >= 15 is 0 Å². The Bertz CT molecular complexity index is 781. The maximum Gasteiger partial charge on any atom is 0.286 e. The van der Waals surface area contributed by atoms with Gasteiger partial charge in [0.2, 0.25) is 5.91 Å². The van der Waals surface area contributed by atoms with Crippen molar-refractivity contribution in [1.29, 1.82) is 0 Å². The van der Waals surface area contributed by atoms with Gasteiger partial charge in [0.25, 0.3) is 5.24 Å². The average Bonchev–Trinajstić information content (AvgIpc) is 2.91. The van der Waals surface area contributed by atoms with Crippen molar-refractivity contribution in [3.63, 3.8) is 0 Å². The van der Waals surface area contributed by atoms with Gasteiger partial charge < -0.3 is 9.84 Å². The van der Waals surface area contributed by atoms with Gasteiger partial charge >= 0.3 is 0 Å². The number of ether oxygens (including phenoxy) is 1. The molecule has 3 rings (SSSR count). The van der Waals surface area contributed by atoms with Crippen molar-refractivity contribution in [2.75, 3.05) is 6.61 Å². The average molecular weight is 378 g/mol. The van der Waals surface area contributed by atoms with Gasteiger partial charge in [-0.15, -0.1) is 0 Å². The van der Waals surface area contributed by atoms with Crippen LogP contribution in [0.2, 0.25) is 5.02 Å². The Morgan fingerprint density at radius 1 is 1.16 bits per heavy atom. The number of amides is 2. The van der Waals surface area contributed by atoms with E-state index in [2.05, 4.69) is 5.32 Å². The lowest BCUT2D eigenvalue weighted by Crippen LogP contribution is -2.25. The maximum absolute atomic E-state index is 11.6. The summed E-state index contributed by atoms with van der Waals surface area (Å²) in [6.45, 7) is 0.0818. The van der Waals surface area contributed by atoms with Crippen LogP contribution < -0.4 is 10.1 Å². The highest BCUT2D eigenvalue weighted by molar-refractivity contribution is 8.15. The van der Waals surface area contributed by atoms with Crippen molar-refractivity contribution in [2.24, 2.45) is 0 Å². The predicted octanol–water partition coefficient (Wildman–Crippen LogP) is 3.35. The number of halogens is 1. The fourth-order valence-electron chi connectivity index (χ4n) is 2.47. The maximum atomic E-state index is 11.6. The minimum atomic E-state index is -0.821. The summed E-state index contributed by atoms with van der Waals surface area (Å²) in [5.74, 6) is 0.354. The lowest BCUT2D eigenvalue weighted by molar-refractivity contribution is -0.118. The van der Waals surface area contributed by atoms with E-state index in [0.29, 0.717) is 22.8 Å². The van der Waals surface area contributed by atoms with Crippen LogP contribution in [0.4, 0.5) is 4.79 Å². The summed E-state index contributed by atoms with van der Waals surface area (Å²) < 4.78 is 5.59. The zero-order valence-electron chi connectivity index (χ0n) is 13.1. The molecule has 0 saturated carbocycles. The number of imide groups is 1. The molecule has 1 fully saturated rings. The molecule has 0 bridgehead atoms. The first-order valence-electron chi connectivity index (χ1n) is 7.68. The SMILES string of the molecule is O=C1NC(=O)C(Cc2ccc(OCC(O)c3ccccc3Cl)cc2)S1. The van der Waals surface area contributed by atoms with Crippen molar-refractivity contribution >= 4 is 34.5 Å². The molecule has 2 amide bonds. The van der Waals surface area contributed by atoms with E-state index in [-0.39, 0.29) is 23.0 Å². The summed E-state index contributed by atoms with van der Waals surface area (Å²) in [7, 11) is 0. The molecular formula is C18H16ClNO4S. The normalized spacial score (nSPS) is 18.1. The standard InChI is InChI=1S/C18H16ClNO4S/c19-14-4-2-1-3-13(14)15(21)10-24-12-7-5-11(6-8-12)9-16-17(22)20-18(23)25-16/h1-8,15-16,21H,9-10H2,(H,20,22,23). The van der Waals surface area contributed by atoms with Crippen LogP contribution in [0.5, 0.6) is 5.75 Å². The van der Waals surface area contributed by atoms with E-state index in [0.717, 1.165) is 17.3 Å². The summed E-state index contributed by atoms with van der Waals surface area (Å²) in [4.78, 5) is 22.8. The monoisotopic (exact) mass is 377 g/mol. The molecule has 0 radical (unpaired) electrons. The number of hydrogen-bond donors (Lipinski definition) is 2. The lowest BCUT2D eigenvalue weighted by atomic mass is 10.1. The number of carbonyl (C=O) groups is 2. The Morgan fingerprint density at radius 2 is 1.88 bits per heavy atom. The second-order valence-corrected chi connectivity index (χ2v) is 7.16. The molecule has 2 unspecified atom stereocenters. The molecule has 0 spiro atoms. The molecule has 2 N–H and O–H groups in total. The quantitative estimate of drug-likeness (QED) is 0.807. The lowest BCUT2D eigenvalue weighted by Gasteiger charge is -2.14. The smallest absolute Gasteiger partial charge is 0.286 e. The highest BCUT2D eigenvalue weighted by Gasteiger charge is 2.31. The first kappa shape index (κ1) is 17.8. The molecule has 25 heavy (non-hydrogen) atoms. The van der Waals surface area contributed by atoms with E-state index in [4.69, 9.17) is 16.3 Å². The Morgan fingerprint density at radius 3 is 2.52 bits per heavy atom. The molecule has 2 atom stereocenters. The van der Waals surface area contributed by atoms with Crippen molar-refractivity contribution in [3.05, 3.63) is 64.7 Å². The summed E-state index contributed by atoms with van der Waals surface area (Å²) in [5.41, 5.74) is 1.55. The molecule has 130 valence electrons. The molecule has 0 aromatic heterocycles. The van der Waals surface area contributed by atoms with E-state index in [1.165, 1.54) is 0 Å². The number of hydrogen-bond acceptors (Lipinski definition) is 5. The van der Waals surface area contributed by atoms with E-state index < -0.39 is 6.10 Å².